The molecule has 18 heavy (non-hydrogen) atoms. The Hall–Kier alpha value is -2.02. The molecule has 0 atom stereocenters. The van der Waals surface area contributed by atoms with E-state index in [1.807, 2.05) is 18.1 Å². The molecule has 7 nitrogen and oxygen atoms in total. The highest BCUT2D eigenvalue weighted by atomic mass is 16.1. The minimum Gasteiger partial charge on any atom is -0.396 e. The lowest BCUT2D eigenvalue weighted by molar-refractivity contribution is -0.118. The first kappa shape index (κ1) is 14.0. The van der Waals surface area contributed by atoms with Crippen molar-refractivity contribution in [2.24, 2.45) is 16.6 Å². The summed E-state index contributed by atoms with van der Waals surface area (Å²) in [6.07, 6.45) is 5.18. The predicted octanol–water partition coefficient (Wildman–Crippen LogP) is -1.04. The van der Waals surface area contributed by atoms with Crippen LogP contribution < -0.4 is 16.9 Å². The van der Waals surface area contributed by atoms with E-state index in [1.165, 1.54) is 11.9 Å². The number of nitrogens with zero attached hydrogens (tertiary/aromatic N) is 3. The van der Waals surface area contributed by atoms with E-state index >= 15 is 0 Å². The Labute approximate surface area is 107 Å². The van der Waals surface area contributed by atoms with Gasteiger partial charge < -0.3 is 21.0 Å². The summed E-state index contributed by atoms with van der Waals surface area (Å²) in [6.45, 7) is 3.07. The number of amides is 1. The average Bonchev–Trinajstić information content (AvgIpc) is 2.28. The zero-order chi connectivity index (χ0) is 13.5. The average molecular weight is 252 g/mol. The van der Waals surface area contributed by atoms with Crippen LogP contribution in [0.2, 0.25) is 0 Å². The molecule has 0 aromatic heterocycles. The number of nitrogens with one attached hydrogen (secondary N) is 1. The van der Waals surface area contributed by atoms with Crippen LogP contribution in [0.4, 0.5) is 0 Å². The van der Waals surface area contributed by atoms with Gasteiger partial charge >= 0.3 is 0 Å². The van der Waals surface area contributed by atoms with Crippen molar-refractivity contribution < 1.29 is 4.79 Å². The van der Waals surface area contributed by atoms with Crippen molar-refractivity contribution in [3.8, 4) is 0 Å². The lowest BCUT2D eigenvalue weighted by atomic mass is 10.2. The monoisotopic (exact) mass is 252 g/mol. The molecule has 0 aromatic rings. The van der Waals surface area contributed by atoms with Crippen LogP contribution in [-0.2, 0) is 4.79 Å². The molecular formula is C11H20N6O. The van der Waals surface area contributed by atoms with E-state index in [2.05, 4.69) is 10.3 Å². The second-order valence-corrected chi connectivity index (χ2v) is 4.09. The second-order valence-electron chi connectivity index (χ2n) is 4.09. The number of hydrazine groups is 1. The van der Waals surface area contributed by atoms with Crippen LogP contribution in [0.25, 0.3) is 0 Å². The summed E-state index contributed by atoms with van der Waals surface area (Å²) in [4.78, 5) is 16.9. The third-order valence-corrected chi connectivity index (χ3v) is 2.33. The van der Waals surface area contributed by atoms with Crippen molar-refractivity contribution in [2.75, 3.05) is 26.7 Å². The van der Waals surface area contributed by atoms with Crippen LogP contribution in [0.5, 0.6) is 0 Å². The van der Waals surface area contributed by atoms with Gasteiger partial charge in [0.2, 0.25) is 5.91 Å². The molecule has 0 radical (unpaired) electrons. The van der Waals surface area contributed by atoms with Crippen LogP contribution in [0.15, 0.2) is 29.3 Å². The molecule has 0 unspecified atom stereocenters. The summed E-state index contributed by atoms with van der Waals surface area (Å²) in [5, 5.41) is 4.09. The largest absolute Gasteiger partial charge is 0.396 e. The van der Waals surface area contributed by atoms with Gasteiger partial charge in [0.1, 0.15) is 0 Å². The van der Waals surface area contributed by atoms with E-state index in [0.29, 0.717) is 25.3 Å². The first-order valence-electron chi connectivity index (χ1n) is 5.66. The molecule has 0 fully saturated rings. The Balaban J connectivity index is 2.47. The zero-order valence-electron chi connectivity index (χ0n) is 10.8. The van der Waals surface area contributed by atoms with Gasteiger partial charge in [0, 0.05) is 39.1 Å². The van der Waals surface area contributed by atoms with Gasteiger partial charge in [-0.3, -0.25) is 9.79 Å². The molecule has 0 saturated heterocycles. The minimum absolute atomic E-state index is 0.0798. The van der Waals surface area contributed by atoms with Crippen LogP contribution in [0, 0.1) is 0 Å². The third kappa shape index (κ3) is 4.88. The van der Waals surface area contributed by atoms with Gasteiger partial charge in [0.15, 0.2) is 0 Å². The summed E-state index contributed by atoms with van der Waals surface area (Å²) in [7, 11) is 1.94. The number of hydrogen-bond donors (Lipinski definition) is 3. The minimum atomic E-state index is -0.0798. The molecule has 1 aliphatic rings. The topological polar surface area (TPSA) is 100.0 Å². The number of nitrogens with two attached hydrogens (primary N) is 2. The molecule has 0 aromatic carbocycles. The number of aliphatic imine (C=N–C) groups is 1. The van der Waals surface area contributed by atoms with Crippen LogP contribution in [-0.4, -0.2) is 48.2 Å². The number of carbonyl (C=O) groups is 1. The summed E-state index contributed by atoms with van der Waals surface area (Å²) >= 11 is 0. The maximum absolute atomic E-state index is 10.7. The van der Waals surface area contributed by atoms with E-state index in [-0.39, 0.29) is 5.91 Å². The number of carbonyl (C=O) groups excluding carboxylic acids is 1. The van der Waals surface area contributed by atoms with Crippen LogP contribution in [0.1, 0.15) is 6.92 Å². The van der Waals surface area contributed by atoms with Gasteiger partial charge in [-0.25, -0.2) is 5.84 Å². The molecule has 1 aliphatic heterocycles. The zero-order valence-corrected chi connectivity index (χ0v) is 10.8. The number of hydrogen-bond acceptors (Lipinski definition) is 6. The standard InChI is InChI=1S/C11H20N6O/c1-9(18)14-4-6-17(13)7-10(12)11-8-16(2)5-3-15-11/h3,5,7H,4,6,8,12-13H2,1-2H3,(H,14,18)/b10-7-. The first-order chi connectivity index (χ1) is 8.49. The van der Waals surface area contributed by atoms with Gasteiger partial charge in [-0.15, -0.1) is 0 Å². The Kier molecular flexibility index (Phi) is 5.19. The van der Waals surface area contributed by atoms with Crippen molar-refractivity contribution in [1.29, 1.82) is 0 Å². The summed E-state index contributed by atoms with van der Waals surface area (Å²) in [5.41, 5.74) is 7.20. The van der Waals surface area contributed by atoms with Crippen molar-refractivity contribution in [2.45, 2.75) is 6.92 Å². The van der Waals surface area contributed by atoms with Crippen molar-refractivity contribution >= 4 is 11.6 Å². The first-order valence-corrected chi connectivity index (χ1v) is 5.66. The molecule has 7 heteroatoms. The number of rotatable bonds is 5. The van der Waals surface area contributed by atoms with Crippen LogP contribution >= 0.6 is 0 Å². The third-order valence-electron chi connectivity index (χ3n) is 2.33. The maximum Gasteiger partial charge on any atom is 0.216 e. The molecular weight excluding hydrogens is 232 g/mol. The van der Waals surface area contributed by atoms with E-state index in [9.17, 15) is 4.79 Å². The van der Waals surface area contributed by atoms with E-state index in [1.54, 1.807) is 12.4 Å². The Morgan fingerprint density at radius 2 is 2.44 bits per heavy atom. The van der Waals surface area contributed by atoms with Crippen LogP contribution in [0.3, 0.4) is 0 Å². The highest BCUT2D eigenvalue weighted by molar-refractivity contribution is 6.01. The van der Waals surface area contributed by atoms with Gasteiger partial charge in [0.05, 0.1) is 24.5 Å². The predicted molar refractivity (Wildman–Crippen MR) is 71.1 cm³/mol. The molecule has 0 bridgehead atoms. The van der Waals surface area contributed by atoms with Gasteiger partial charge in [-0.05, 0) is 0 Å². The van der Waals surface area contributed by atoms with Gasteiger partial charge in [-0.2, -0.15) is 0 Å². The molecule has 5 N–H and O–H groups in total. The van der Waals surface area contributed by atoms with Crippen molar-refractivity contribution in [3.63, 3.8) is 0 Å². The lowest BCUT2D eigenvalue weighted by Gasteiger charge is -2.20. The molecule has 1 rings (SSSR count). The van der Waals surface area contributed by atoms with Gasteiger partial charge in [-0.1, -0.05) is 0 Å². The van der Waals surface area contributed by atoms with Gasteiger partial charge in [0.25, 0.3) is 0 Å². The highest BCUT2D eigenvalue weighted by Gasteiger charge is 2.09. The molecule has 0 aliphatic carbocycles. The molecule has 0 spiro atoms. The summed E-state index contributed by atoms with van der Waals surface area (Å²) < 4.78 is 0. The Bertz CT molecular complexity index is 387. The van der Waals surface area contributed by atoms with E-state index in [4.69, 9.17) is 11.6 Å². The fraction of sp³-hybridized carbons (Fsp3) is 0.455. The van der Waals surface area contributed by atoms with E-state index < -0.39 is 0 Å². The lowest BCUT2D eigenvalue weighted by Crippen LogP contribution is -2.37. The maximum atomic E-state index is 10.7. The SMILES string of the molecule is CC(=O)NCCN(N)/C=C(\N)C1=NC=CN(C)C1. The fourth-order valence-corrected chi connectivity index (χ4v) is 1.41. The smallest absolute Gasteiger partial charge is 0.216 e. The summed E-state index contributed by atoms with van der Waals surface area (Å²) in [5.74, 6) is 5.66. The summed E-state index contributed by atoms with van der Waals surface area (Å²) in [6, 6.07) is 0. The molecule has 0 saturated carbocycles. The van der Waals surface area contributed by atoms with Crippen molar-refractivity contribution in [1.82, 2.24) is 15.2 Å². The van der Waals surface area contributed by atoms with Crippen molar-refractivity contribution in [3.05, 3.63) is 24.3 Å². The molecule has 1 amide bonds. The van der Waals surface area contributed by atoms with E-state index in [0.717, 1.165) is 5.71 Å². The molecule has 100 valence electrons. The normalized spacial score (nSPS) is 15.4. The molecule has 1 heterocycles. The Morgan fingerprint density at radius 3 is 3.06 bits per heavy atom. The Morgan fingerprint density at radius 1 is 1.72 bits per heavy atom. The second kappa shape index (κ2) is 6.65. The highest BCUT2D eigenvalue weighted by Crippen LogP contribution is 2.01. The fourth-order valence-electron chi connectivity index (χ4n) is 1.41. The quantitative estimate of drug-likeness (QED) is 0.428.